The van der Waals surface area contributed by atoms with Gasteiger partial charge in [0.05, 0.1) is 0 Å². The number of hydrogen-bond acceptors (Lipinski definition) is 2. The standard InChI is InChI=1S/C17H17BrO2/c1-17(2,3)20-15-9-7-12(8-10-15)16(19)13-5-4-6-14(18)11-13/h4-11H,1-3H3. The zero-order valence-electron chi connectivity index (χ0n) is 11.8. The number of rotatable bonds is 3. The van der Waals surface area contributed by atoms with E-state index in [1.54, 1.807) is 12.1 Å². The maximum absolute atomic E-state index is 12.3. The molecule has 2 nitrogen and oxygen atoms in total. The second kappa shape index (κ2) is 5.80. The normalized spacial score (nSPS) is 11.2. The molecule has 3 heteroatoms. The lowest BCUT2D eigenvalue weighted by Gasteiger charge is -2.21. The van der Waals surface area contributed by atoms with Gasteiger partial charge in [0.15, 0.2) is 5.78 Å². The Hall–Kier alpha value is -1.61. The summed E-state index contributed by atoms with van der Waals surface area (Å²) in [5.74, 6) is 0.775. The van der Waals surface area contributed by atoms with Crippen molar-refractivity contribution in [3.05, 3.63) is 64.1 Å². The first-order chi connectivity index (χ1) is 9.35. The van der Waals surface area contributed by atoms with Crippen molar-refractivity contribution in [3.63, 3.8) is 0 Å². The number of hydrogen-bond donors (Lipinski definition) is 0. The SMILES string of the molecule is CC(C)(C)Oc1ccc(C(=O)c2cccc(Br)c2)cc1. The summed E-state index contributed by atoms with van der Waals surface area (Å²) < 4.78 is 6.64. The molecule has 0 aliphatic rings. The van der Waals surface area contributed by atoms with E-state index in [2.05, 4.69) is 15.9 Å². The molecule has 2 rings (SSSR count). The van der Waals surface area contributed by atoms with Gasteiger partial charge in [0.25, 0.3) is 0 Å². The number of carbonyl (C=O) groups excluding carboxylic acids is 1. The fourth-order valence-corrected chi connectivity index (χ4v) is 2.22. The van der Waals surface area contributed by atoms with E-state index in [0.29, 0.717) is 11.1 Å². The zero-order valence-corrected chi connectivity index (χ0v) is 13.4. The van der Waals surface area contributed by atoms with E-state index in [1.165, 1.54) is 0 Å². The summed E-state index contributed by atoms with van der Waals surface area (Å²) in [5.41, 5.74) is 1.09. The molecule has 0 saturated carbocycles. The van der Waals surface area contributed by atoms with Gasteiger partial charge in [-0.05, 0) is 57.2 Å². The summed E-state index contributed by atoms with van der Waals surface area (Å²) in [6.07, 6.45) is 0. The maximum Gasteiger partial charge on any atom is 0.193 e. The first-order valence-corrected chi connectivity index (χ1v) is 7.24. The van der Waals surface area contributed by atoms with Crippen LogP contribution in [0.15, 0.2) is 53.0 Å². The van der Waals surface area contributed by atoms with Crippen molar-refractivity contribution in [2.24, 2.45) is 0 Å². The van der Waals surface area contributed by atoms with Crippen LogP contribution in [0.4, 0.5) is 0 Å². The van der Waals surface area contributed by atoms with Crippen LogP contribution in [0.3, 0.4) is 0 Å². The fourth-order valence-electron chi connectivity index (χ4n) is 1.82. The van der Waals surface area contributed by atoms with Crippen molar-refractivity contribution >= 4 is 21.7 Å². The number of ether oxygens (including phenoxy) is 1. The molecule has 0 radical (unpaired) electrons. The van der Waals surface area contributed by atoms with Crippen LogP contribution >= 0.6 is 15.9 Å². The molecule has 20 heavy (non-hydrogen) atoms. The smallest absolute Gasteiger partial charge is 0.193 e. The van der Waals surface area contributed by atoms with Gasteiger partial charge in [0.2, 0.25) is 0 Å². The van der Waals surface area contributed by atoms with Gasteiger partial charge in [-0.25, -0.2) is 0 Å². The molecular formula is C17H17BrO2. The number of benzene rings is 2. The van der Waals surface area contributed by atoms with Crippen LogP contribution in [0, 0.1) is 0 Å². The van der Waals surface area contributed by atoms with Gasteiger partial charge in [-0.3, -0.25) is 4.79 Å². The second-order valence-electron chi connectivity index (χ2n) is 5.58. The summed E-state index contributed by atoms with van der Waals surface area (Å²) in [6.45, 7) is 5.98. The van der Waals surface area contributed by atoms with Crippen molar-refractivity contribution in [1.82, 2.24) is 0 Å². The fraction of sp³-hybridized carbons (Fsp3) is 0.235. The first-order valence-electron chi connectivity index (χ1n) is 6.44. The molecule has 0 amide bonds. The van der Waals surface area contributed by atoms with E-state index in [0.717, 1.165) is 10.2 Å². The van der Waals surface area contributed by atoms with Gasteiger partial charge in [0, 0.05) is 15.6 Å². The van der Waals surface area contributed by atoms with E-state index in [9.17, 15) is 4.79 Å². The predicted molar refractivity (Wildman–Crippen MR) is 84.4 cm³/mol. The topological polar surface area (TPSA) is 26.3 Å². The van der Waals surface area contributed by atoms with Crippen molar-refractivity contribution in [1.29, 1.82) is 0 Å². The monoisotopic (exact) mass is 332 g/mol. The van der Waals surface area contributed by atoms with Crippen molar-refractivity contribution in [2.75, 3.05) is 0 Å². The lowest BCUT2D eigenvalue weighted by Crippen LogP contribution is -2.22. The average Bonchev–Trinajstić information content (AvgIpc) is 2.37. The van der Waals surface area contributed by atoms with E-state index >= 15 is 0 Å². The Morgan fingerprint density at radius 3 is 2.20 bits per heavy atom. The summed E-state index contributed by atoms with van der Waals surface area (Å²) in [5, 5.41) is 0. The lowest BCUT2D eigenvalue weighted by atomic mass is 10.0. The number of halogens is 1. The third-order valence-corrected chi connectivity index (χ3v) is 3.12. The lowest BCUT2D eigenvalue weighted by molar-refractivity contribution is 0.103. The average molecular weight is 333 g/mol. The van der Waals surface area contributed by atoms with E-state index < -0.39 is 0 Å². The van der Waals surface area contributed by atoms with E-state index in [4.69, 9.17) is 4.74 Å². The van der Waals surface area contributed by atoms with Crippen molar-refractivity contribution < 1.29 is 9.53 Å². The van der Waals surface area contributed by atoms with Gasteiger partial charge in [-0.15, -0.1) is 0 Å². The molecular weight excluding hydrogens is 316 g/mol. The molecule has 0 aliphatic heterocycles. The molecule has 0 N–H and O–H groups in total. The molecule has 0 fully saturated rings. The molecule has 0 saturated heterocycles. The Morgan fingerprint density at radius 1 is 1.00 bits per heavy atom. The highest BCUT2D eigenvalue weighted by molar-refractivity contribution is 9.10. The van der Waals surface area contributed by atoms with E-state index in [1.807, 2.05) is 57.2 Å². The van der Waals surface area contributed by atoms with Gasteiger partial charge in [-0.1, -0.05) is 28.1 Å². The second-order valence-corrected chi connectivity index (χ2v) is 6.49. The molecule has 0 aliphatic carbocycles. The van der Waals surface area contributed by atoms with Gasteiger partial charge >= 0.3 is 0 Å². The molecule has 0 spiro atoms. The van der Waals surface area contributed by atoms with Crippen LogP contribution < -0.4 is 4.74 Å². The minimum Gasteiger partial charge on any atom is -0.488 e. The molecule has 2 aromatic carbocycles. The van der Waals surface area contributed by atoms with Crippen LogP contribution in [0.2, 0.25) is 0 Å². The highest BCUT2D eigenvalue weighted by atomic mass is 79.9. The Kier molecular flexibility index (Phi) is 4.29. The van der Waals surface area contributed by atoms with Crippen molar-refractivity contribution in [3.8, 4) is 5.75 Å². The van der Waals surface area contributed by atoms with Gasteiger partial charge < -0.3 is 4.74 Å². The van der Waals surface area contributed by atoms with Crippen molar-refractivity contribution in [2.45, 2.75) is 26.4 Å². The molecule has 0 bridgehead atoms. The molecule has 0 aromatic heterocycles. The number of ketones is 1. The van der Waals surface area contributed by atoms with Gasteiger partial charge in [0.1, 0.15) is 11.4 Å². The minimum atomic E-state index is -0.240. The Bertz CT molecular complexity index is 610. The van der Waals surface area contributed by atoms with Gasteiger partial charge in [-0.2, -0.15) is 0 Å². The van der Waals surface area contributed by atoms with E-state index in [-0.39, 0.29) is 11.4 Å². The predicted octanol–water partition coefficient (Wildman–Crippen LogP) is 4.86. The molecule has 0 unspecified atom stereocenters. The Balaban J connectivity index is 2.20. The Labute approximate surface area is 127 Å². The molecule has 0 atom stereocenters. The highest BCUT2D eigenvalue weighted by Crippen LogP contribution is 2.21. The molecule has 0 heterocycles. The summed E-state index contributed by atoms with van der Waals surface area (Å²) in [7, 11) is 0. The van der Waals surface area contributed by atoms with Crippen LogP contribution in [0.5, 0.6) is 5.75 Å². The molecule has 104 valence electrons. The quantitative estimate of drug-likeness (QED) is 0.750. The summed E-state index contributed by atoms with van der Waals surface area (Å²) >= 11 is 3.38. The maximum atomic E-state index is 12.3. The van der Waals surface area contributed by atoms with Crippen LogP contribution in [0.25, 0.3) is 0 Å². The minimum absolute atomic E-state index is 0.00797. The first kappa shape index (κ1) is 14.8. The largest absolute Gasteiger partial charge is 0.488 e. The summed E-state index contributed by atoms with van der Waals surface area (Å²) in [4.78, 5) is 12.3. The highest BCUT2D eigenvalue weighted by Gasteiger charge is 2.13. The molecule has 2 aromatic rings. The summed E-state index contributed by atoms with van der Waals surface area (Å²) in [6, 6.07) is 14.6. The third-order valence-electron chi connectivity index (χ3n) is 2.63. The van der Waals surface area contributed by atoms with Crippen LogP contribution in [-0.2, 0) is 0 Å². The third kappa shape index (κ3) is 3.94. The van der Waals surface area contributed by atoms with Crippen LogP contribution in [-0.4, -0.2) is 11.4 Å². The zero-order chi connectivity index (χ0) is 14.8. The number of carbonyl (C=O) groups is 1. The van der Waals surface area contributed by atoms with Crippen LogP contribution in [0.1, 0.15) is 36.7 Å². The Morgan fingerprint density at radius 2 is 1.65 bits per heavy atom.